The average molecular weight is 270 g/mol. The first kappa shape index (κ1) is 15.1. The lowest BCUT2D eigenvalue weighted by Crippen LogP contribution is -2.31. The topological polar surface area (TPSA) is 63.4 Å². The van der Waals surface area contributed by atoms with E-state index in [9.17, 15) is 8.42 Å². The van der Waals surface area contributed by atoms with E-state index in [1.165, 1.54) is 4.31 Å². The van der Waals surface area contributed by atoms with Crippen molar-refractivity contribution in [3.63, 3.8) is 0 Å². The van der Waals surface area contributed by atoms with Gasteiger partial charge in [0.05, 0.1) is 5.75 Å². The van der Waals surface area contributed by atoms with E-state index in [0.29, 0.717) is 19.0 Å². The first-order valence-corrected chi connectivity index (χ1v) is 7.68. The van der Waals surface area contributed by atoms with E-state index in [4.69, 9.17) is 5.73 Å². The summed E-state index contributed by atoms with van der Waals surface area (Å²) in [6.07, 6.45) is 0. The van der Waals surface area contributed by atoms with E-state index in [1.54, 1.807) is 7.05 Å². The molecule has 0 heterocycles. The molecule has 0 atom stereocenters. The van der Waals surface area contributed by atoms with Gasteiger partial charge in [-0.25, -0.2) is 12.7 Å². The minimum absolute atomic E-state index is 0.0175. The minimum Gasteiger partial charge on any atom is -0.326 e. The third-order valence-electron chi connectivity index (χ3n) is 2.77. The van der Waals surface area contributed by atoms with Crippen molar-refractivity contribution in [1.29, 1.82) is 0 Å². The maximum absolute atomic E-state index is 12.2. The molecule has 102 valence electrons. The average Bonchev–Trinajstić information content (AvgIpc) is 2.28. The van der Waals surface area contributed by atoms with Crippen LogP contribution < -0.4 is 5.73 Å². The fourth-order valence-corrected chi connectivity index (χ4v) is 3.25. The molecule has 2 N–H and O–H groups in total. The van der Waals surface area contributed by atoms with Crippen LogP contribution in [0.3, 0.4) is 0 Å². The Bertz CT molecular complexity index is 484. The van der Waals surface area contributed by atoms with Crippen molar-refractivity contribution in [3.05, 3.63) is 35.4 Å². The first-order valence-electron chi connectivity index (χ1n) is 6.07. The van der Waals surface area contributed by atoms with Crippen LogP contribution in [0.4, 0.5) is 0 Å². The Morgan fingerprint density at radius 2 is 1.78 bits per heavy atom. The van der Waals surface area contributed by atoms with E-state index >= 15 is 0 Å². The van der Waals surface area contributed by atoms with E-state index < -0.39 is 10.0 Å². The molecule has 1 aromatic rings. The summed E-state index contributed by atoms with van der Waals surface area (Å²) in [6.45, 7) is 4.90. The third kappa shape index (κ3) is 4.08. The Morgan fingerprint density at radius 3 is 2.28 bits per heavy atom. The van der Waals surface area contributed by atoms with E-state index in [1.807, 2.05) is 38.1 Å². The molecule has 4 nitrogen and oxygen atoms in total. The third-order valence-corrected chi connectivity index (χ3v) is 4.55. The number of rotatable bonds is 6. The molecule has 0 bridgehead atoms. The predicted octanol–water partition coefficient (Wildman–Crippen LogP) is 1.56. The maximum Gasteiger partial charge on any atom is 0.218 e. The van der Waals surface area contributed by atoms with E-state index in [-0.39, 0.29) is 5.75 Å². The summed E-state index contributed by atoms with van der Waals surface area (Å²) in [4.78, 5) is 0. The molecule has 0 aliphatic rings. The maximum atomic E-state index is 12.2. The quantitative estimate of drug-likeness (QED) is 0.853. The standard InChI is InChI=1S/C13H22N2O2S/c1-11(2)9-15(3)18(16,17)10-13-7-5-4-6-12(13)8-14/h4-7,11H,8-10,14H2,1-3H3. The number of hydrogen-bond acceptors (Lipinski definition) is 3. The van der Waals surface area contributed by atoms with Gasteiger partial charge in [-0.3, -0.25) is 0 Å². The molecule has 0 aliphatic heterocycles. The zero-order valence-corrected chi connectivity index (χ0v) is 12.1. The van der Waals surface area contributed by atoms with Gasteiger partial charge in [-0.1, -0.05) is 38.1 Å². The molecule has 5 heteroatoms. The van der Waals surface area contributed by atoms with Gasteiger partial charge in [-0.2, -0.15) is 0 Å². The van der Waals surface area contributed by atoms with Gasteiger partial charge in [0.2, 0.25) is 10.0 Å². The van der Waals surface area contributed by atoms with Crippen molar-refractivity contribution in [2.75, 3.05) is 13.6 Å². The van der Waals surface area contributed by atoms with Crippen LogP contribution in [0.15, 0.2) is 24.3 Å². The van der Waals surface area contributed by atoms with Crippen LogP contribution in [-0.4, -0.2) is 26.3 Å². The Hall–Kier alpha value is -0.910. The molecule has 0 aliphatic carbocycles. The fourth-order valence-electron chi connectivity index (χ4n) is 1.83. The molecule has 1 aromatic carbocycles. The van der Waals surface area contributed by atoms with Crippen molar-refractivity contribution in [1.82, 2.24) is 4.31 Å². The van der Waals surface area contributed by atoms with Crippen LogP contribution >= 0.6 is 0 Å². The Labute approximate surface area is 110 Å². The van der Waals surface area contributed by atoms with Crippen LogP contribution in [-0.2, 0) is 22.3 Å². The van der Waals surface area contributed by atoms with Crippen molar-refractivity contribution < 1.29 is 8.42 Å². The molecule has 0 saturated heterocycles. The van der Waals surface area contributed by atoms with Gasteiger partial charge in [0, 0.05) is 20.1 Å². The summed E-state index contributed by atoms with van der Waals surface area (Å²) in [5.41, 5.74) is 7.29. The molecule has 1 rings (SSSR count). The highest BCUT2D eigenvalue weighted by Gasteiger charge is 2.20. The highest BCUT2D eigenvalue weighted by molar-refractivity contribution is 7.88. The van der Waals surface area contributed by atoms with Gasteiger partial charge in [0.15, 0.2) is 0 Å². The minimum atomic E-state index is -3.26. The molecular weight excluding hydrogens is 248 g/mol. The van der Waals surface area contributed by atoms with Gasteiger partial charge >= 0.3 is 0 Å². The summed E-state index contributed by atoms with van der Waals surface area (Å²) >= 11 is 0. The smallest absolute Gasteiger partial charge is 0.218 e. The SMILES string of the molecule is CC(C)CN(C)S(=O)(=O)Cc1ccccc1CN. The monoisotopic (exact) mass is 270 g/mol. The molecule has 0 saturated carbocycles. The van der Waals surface area contributed by atoms with Gasteiger partial charge in [-0.05, 0) is 17.0 Å². The van der Waals surface area contributed by atoms with Gasteiger partial charge in [0.25, 0.3) is 0 Å². The normalized spacial score (nSPS) is 12.3. The summed E-state index contributed by atoms with van der Waals surface area (Å²) in [5, 5.41) is 0. The van der Waals surface area contributed by atoms with Crippen LogP contribution in [0, 0.1) is 5.92 Å². The van der Waals surface area contributed by atoms with Crippen molar-refractivity contribution in [3.8, 4) is 0 Å². The van der Waals surface area contributed by atoms with Gasteiger partial charge < -0.3 is 5.73 Å². The number of hydrogen-bond donors (Lipinski definition) is 1. The second-order valence-corrected chi connectivity index (χ2v) is 6.98. The number of nitrogens with zero attached hydrogens (tertiary/aromatic N) is 1. The first-order chi connectivity index (χ1) is 8.36. The zero-order valence-electron chi connectivity index (χ0n) is 11.3. The summed E-state index contributed by atoms with van der Waals surface area (Å²) < 4.78 is 25.8. The Kier molecular flexibility index (Phi) is 5.31. The lowest BCUT2D eigenvalue weighted by Gasteiger charge is -2.20. The lowest BCUT2D eigenvalue weighted by molar-refractivity contribution is 0.416. The molecule has 0 amide bonds. The van der Waals surface area contributed by atoms with Gasteiger partial charge in [0.1, 0.15) is 0 Å². The van der Waals surface area contributed by atoms with E-state index in [0.717, 1.165) is 11.1 Å². The summed E-state index contributed by atoms with van der Waals surface area (Å²) in [6, 6.07) is 7.40. The molecule has 0 aromatic heterocycles. The predicted molar refractivity (Wildman–Crippen MR) is 74.4 cm³/mol. The molecule has 0 fully saturated rings. The second kappa shape index (κ2) is 6.31. The number of nitrogens with two attached hydrogens (primary N) is 1. The Morgan fingerprint density at radius 1 is 1.22 bits per heavy atom. The second-order valence-electron chi connectivity index (χ2n) is 4.90. The number of benzene rings is 1. The van der Waals surface area contributed by atoms with Crippen molar-refractivity contribution in [2.24, 2.45) is 11.7 Å². The zero-order chi connectivity index (χ0) is 13.8. The molecule has 0 unspecified atom stereocenters. The lowest BCUT2D eigenvalue weighted by atomic mass is 10.1. The molecule has 0 radical (unpaired) electrons. The van der Waals surface area contributed by atoms with Crippen LogP contribution in [0.25, 0.3) is 0 Å². The summed E-state index contributed by atoms with van der Waals surface area (Å²) in [5.74, 6) is 0.332. The number of sulfonamides is 1. The van der Waals surface area contributed by atoms with Crippen molar-refractivity contribution >= 4 is 10.0 Å². The molecular formula is C13H22N2O2S. The fraction of sp³-hybridized carbons (Fsp3) is 0.538. The molecule has 18 heavy (non-hydrogen) atoms. The largest absolute Gasteiger partial charge is 0.326 e. The summed E-state index contributed by atoms with van der Waals surface area (Å²) in [7, 11) is -1.64. The highest BCUT2D eigenvalue weighted by Crippen LogP contribution is 2.15. The highest BCUT2D eigenvalue weighted by atomic mass is 32.2. The van der Waals surface area contributed by atoms with E-state index in [2.05, 4.69) is 0 Å². The van der Waals surface area contributed by atoms with Gasteiger partial charge in [-0.15, -0.1) is 0 Å². The van der Waals surface area contributed by atoms with Crippen molar-refractivity contribution in [2.45, 2.75) is 26.1 Å². The van der Waals surface area contributed by atoms with Crippen LogP contribution in [0.5, 0.6) is 0 Å². The Balaban J connectivity index is 2.88. The molecule has 0 spiro atoms. The van der Waals surface area contributed by atoms with Crippen LogP contribution in [0.2, 0.25) is 0 Å². The van der Waals surface area contributed by atoms with Crippen LogP contribution in [0.1, 0.15) is 25.0 Å².